The molecule has 2 amide bonds. The number of nitrogens with one attached hydrogen (secondary N) is 1. The minimum atomic E-state index is -1.03. The Kier molecular flexibility index (Phi) is 6.00. The third-order valence-electron chi connectivity index (χ3n) is 7.13. The van der Waals surface area contributed by atoms with Crippen molar-refractivity contribution in [3.63, 3.8) is 0 Å². The zero-order valence-electron chi connectivity index (χ0n) is 18.9. The van der Waals surface area contributed by atoms with Crippen molar-refractivity contribution in [1.29, 1.82) is 0 Å². The number of alkyl carbamates (subject to hydrolysis) is 1. The van der Waals surface area contributed by atoms with Crippen molar-refractivity contribution < 1.29 is 29.0 Å². The maximum absolute atomic E-state index is 13.2. The molecule has 3 aliphatic rings. The minimum Gasteiger partial charge on any atom is -0.480 e. The first-order valence-corrected chi connectivity index (χ1v) is 11.7. The van der Waals surface area contributed by atoms with Crippen LogP contribution in [-0.4, -0.2) is 65.9 Å². The Morgan fingerprint density at radius 3 is 2.15 bits per heavy atom. The summed E-state index contributed by atoms with van der Waals surface area (Å²) in [6, 6.07) is 16.3. The van der Waals surface area contributed by atoms with E-state index >= 15 is 0 Å². The highest BCUT2D eigenvalue weighted by Gasteiger charge is 2.48. The van der Waals surface area contributed by atoms with Gasteiger partial charge in [0.25, 0.3) is 0 Å². The first kappa shape index (κ1) is 22.4. The Balaban J connectivity index is 1.21. The van der Waals surface area contributed by atoms with Crippen LogP contribution in [0.1, 0.15) is 42.7 Å². The number of carboxylic acids is 1. The number of rotatable bonds is 7. The SMILES string of the molecule is O=C(O)COC1CN(C(=O)C2(NC(=O)OCC3c4ccccc4-c4ccccc43)CCCC2)C1. The summed E-state index contributed by atoms with van der Waals surface area (Å²) in [7, 11) is 0. The van der Waals surface area contributed by atoms with Crippen LogP contribution in [0.25, 0.3) is 11.1 Å². The van der Waals surface area contributed by atoms with Crippen molar-refractivity contribution in [2.24, 2.45) is 0 Å². The molecule has 1 saturated heterocycles. The maximum Gasteiger partial charge on any atom is 0.408 e. The number of carbonyl (C=O) groups is 3. The lowest BCUT2D eigenvalue weighted by Gasteiger charge is -2.43. The summed E-state index contributed by atoms with van der Waals surface area (Å²) in [5.74, 6) is -1.22. The second-order valence-electron chi connectivity index (χ2n) is 9.28. The first-order chi connectivity index (χ1) is 16.5. The fraction of sp³-hybridized carbons (Fsp3) is 0.423. The van der Waals surface area contributed by atoms with E-state index in [0.717, 1.165) is 35.1 Å². The second kappa shape index (κ2) is 9.10. The van der Waals surface area contributed by atoms with E-state index < -0.39 is 17.6 Å². The largest absolute Gasteiger partial charge is 0.480 e. The lowest BCUT2D eigenvalue weighted by atomic mass is 9.93. The minimum absolute atomic E-state index is 0.0455. The van der Waals surface area contributed by atoms with Crippen LogP contribution in [-0.2, 0) is 19.1 Å². The molecular weight excluding hydrogens is 436 g/mol. The van der Waals surface area contributed by atoms with Crippen molar-refractivity contribution in [3.8, 4) is 11.1 Å². The molecule has 0 unspecified atom stereocenters. The van der Waals surface area contributed by atoms with Crippen LogP contribution in [0, 0.1) is 0 Å². The summed E-state index contributed by atoms with van der Waals surface area (Å²) in [5, 5.41) is 11.6. The van der Waals surface area contributed by atoms with Crippen molar-refractivity contribution in [2.45, 2.75) is 43.2 Å². The lowest BCUT2D eigenvalue weighted by molar-refractivity contribution is -0.158. The van der Waals surface area contributed by atoms with Gasteiger partial charge in [0.05, 0.1) is 6.10 Å². The van der Waals surface area contributed by atoms with Gasteiger partial charge in [0.1, 0.15) is 18.8 Å². The molecule has 2 aromatic carbocycles. The number of ether oxygens (including phenoxy) is 2. The molecule has 1 aliphatic heterocycles. The van der Waals surface area contributed by atoms with E-state index in [-0.39, 0.29) is 31.1 Å². The van der Waals surface area contributed by atoms with E-state index in [9.17, 15) is 14.4 Å². The van der Waals surface area contributed by atoms with Gasteiger partial charge in [-0.3, -0.25) is 4.79 Å². The standard InChI is InChI=1S/C26H28N2O6/c29-23(30)16-33-17-13-28(14-17)24(31)26(11-5-6-12-26)27-25(32)34-15-22-20-9-3-1-7-18(20)19-8-2-4-10-21(19)22/h1-4,7-10,17,22H,5-6,11-16H2,(H,27,32)(H,29,30). The Morgan fingerprint density at radius 2 is 1.56 bits per heavy atom. The van der Waals surface area contributed by atoms with E-state index in [1.54, 1.807) is 4.90 Å². The Morgan fingerprint density at radius 1 is 0.971 bits per heavy atom. The van der Waals surface area contributed by atoms with Crippen LogP contribution < -0.4 is 5.32 Å². The van der Waals surface area contributed by atoms with Crippen molar-refractivity contribution in [3.05, 3.63) is 59.7 Å². The van der Waals surface area contributed by atoms with Crippen LogP contribution in [0.15, 0.2) is 48.5 Å². The number of benzene rings is 2. The van der Waals surface area contributed by atoms with Gasteiger partial charge in [-0.1, -0.05) is 61.4 Å². The highest BCUT2D eigenvalue weighted by atomic mass is 16.5. The molecule has 0 atom stereocenters. The zero-order valence-corrected chi connectivity index (χ0v) is 18.9. The summed E-state index contributed by atoms with van der Waals surface area (Å²) in [4.78, 5) is 38.4. The quantitative estimate of drug-likeness (QED) is 0.652. The zero-order chi connectivity index (χ0) is 23.7. The number of hydrogen-bond acceptors (Lipinski definition) is 5. The molecule has 34 heavy (non-hydrogen) atoms. The van der Waals surface area contributed by atoms with Crippen LogP contribution in [0.3, 0.4) is 0 Å². The topological polar surface area (TPSA) is 105 Å². The Bertz CT molecular complexity index is 1060. The molecule has 2 fully saturated rings. The molecule has 0 aromatic heterocycles. The molecule has 0 spiro atoms. The number of carboxylic acid groups (broad SMARTS) is 1. The molecule has 8 nitrogen and oxygen atoms in total. The normalized spacial score (nSPS) is 18.6. The highest BCUT2D eigenvalue weighted by Crippen LogP contribution is 2.44. The van der Waals surface area contributed by atoms with Crippen LogP contribution >= 0.6 is 0 Å². The van der Waals surface area contributed by atoms with Gasteiger partial charge in [0.2, 0.25) is 5.91 Å². The highest BCUT2D eigenvalue weighted by molar-refractivity contribution is 5.91. The van der Waals surface area contributed by atoms with E-state index in [4.69, 9.17) is 14.6 Å². The van der Waals surface area contributed by atoms with E-state index in [2.05, 4.69) is 29.6 Å². The van der Waals surface area contributed by atoms with Gasteiger partial charge in [-0.15, -0.1) is 0 Å². The average molecular weight is 465 g/mol. The summed E-state index contributed by atoms with van der Waals surface area (Å²) in [6.07, 6.45) is 1.95. The molecule has 8 heteroatoms. The predicted molar refractivity (Wildman–Crippen MR) is 123 cm³/mol. The fourth-order valence-electron chi connectivity index (χ4n) is 5.40. The van der Waals surface area contributed by atoms with Gasteiger partial charge in [-0.25, -0.2) is 9.59 Å². The first-order valence-electron chi connectivity index (χ1n) is 11.7. The molecule has 1 saturated carbocycles. The molecule has 2 aromatic rings. The van der Waals surface area contributed by atoms with E-state index in [0.29, 0.717) is 25.9 Å². The molecule has 0 bridgehead atoms. The lowest BCUT2D eigenvalue weighted by Crippen LogP contribution is -2.65. The molecule has 2 N–H and O–H groups in total. The average Bonchev–Trinajstić information content (AvgIpc) is 3.40. The van der Waals surface area contributed by atoms with Crippen LogP contribution in [0.5, 0.6) is 0 Å². The Hall–Kier alpha value is -3.39. The number of nitrogens with zero attached hydrogens (tertiary/aromatic N) is 1. The molecule has 2 aliphatic carbocycles. The number of aliphatic carboxylic acids is 1. The van der Waals surface area contributed by atoms with Crippen LogP contribution in [0.4, 0.5) is 4.79 Å². The summed E-state index contributed by atoms with van der Waals surface area (Å²) in [5.41, 5.74) is 3.62. The van der Waals surface area contributed by atoms with Gasteiger partial charge in [0, 0.05) is 19.0 Å². The van der Waals surface area contributed by atoms with Gasteiger partial charge in [-0.05, 0) is 35.1 Å². The van der Waals surface area contributed by atoms with E-state index in [1.165, 1.54) is 0 Å². The fourth-order valence-corrected chi connectivity index (χ4v) is 5.40. The second-order valence-corrected chi connectivity index (χ2v) is 9.28. The van der Waals surface area contributed by atoms with Crippen molar-refractivity contribution in [1.82, 2.24) is 10.2 Å². The molecule has 178 valence electrons. The third-order valence-corrected chi connectivity index (χ3v) is 7.13. The monoisotopic (exact) mass is 464 g/mol. The van der Waals surface area contributed by atoms with Gasteiger partial charge in [0.15, 0.2) is 0 Å². The molecule has 1 heterocycles. The van der Waals surface area contributed by atoms with Crippen LogP contribution in [0.2, 0.25) is 0 Å². The number of fused-ring (bicyclic) bond motifs is 3. The third kappa shape index (κ3) is 4.14. The van der Waals surface area contributed by atoms with Crippen molar-refractivity contribution in [2.75, 3.05) is 26.3 Å². The van der Waals surface area contributed by atoms with Gasteiger partial charge in [-0.2, -0.15) is 0 Å². The van der Waals surface area contributed by atoms with Crippen molar-refractivity contribution >= 4 is 18.0 Å². The molecule has 0 radical (unpaired) electrons. The summed E-state index contributed by atoms with van der Waals surface area (Å²) >= 11 is 0. The maximum atomic E-state index is 13.2. The predicted octanol–water partition coefficient (Wildman–Crippen LogP) is 3.15. The number of carbonyl (C=O) groups excluding carboxylic acids is 2. The molecule has 5 rings (SSSR count). The van der Waals surface area contributed by atoms with E-state index in [1.807, 2.05) is 24.3 Å². The van der Waals surface area contributed by atoms with Gasteiger partial charge >= 0.3 is 12.1 Å². The number of hydrogen-bond donors (Lipinski definition) is 2. The number of amides is 2. The molecular formula is C26H28N2O6. The summed E-state index contributed by atoms with van der Waals surface area (Å²) in [6.45, 7) is 0.481. The smallest absolute Gasteiger partial charge is 0.408 e. The Labute approximate surface area is 197 Å². The summed E-state index contributed by atoms with van der Waals surface area (Å²) < 4.78 is 10.9. The van der Waals surface area contributed by atoms with Gasteiger partial charge < -0.3 is 24.8 Å². The number of likely N-dealkylation sites (tertiary alicyclic amines) is 1.